The molecule has 164 valence electrons. The minimum atomic E-state index is -4.83. The Bertz CT molecular complexity index is 1120. The molecule has 3 rings (SSSR count). The van der Waals surface area contributed by atoms with Gasteiger partial charge in [-0.3, -0.25) is 9.59 Å². The molecule has 0 aliphatic carbocycles. The molecule has 2 heterocycles. The molecule has 2 aromatic heterocycles. The summed E-state index contributed by atoms with van der Waals surface area (Å²) in [5.41, 5.74) is -0.246. The maximum Gasteiger partial charge on any atom is 0.419 e. The van der Waals surface area contributed by atoms with Gasteiger partial charge in [-0.15, -0.1) is 22.7 Å². The van der Waals surface area contributed by atoms with Gasteiger partial charge in [0.1, 0.15) is 10.8 Å². The zero-order chi connectivity index (χ0) is 22.8. The Morgan fingerprint density at radius 1 is 1.13 bits per heavy atom. The van der Waals surface area contributed by atoms with E-state index in [-0.39, 0.29) is 28.7 Å². The van der Waals surface area contributed by atoms with Crippen LogP contribution in [0.2, 0.25) is 0 Å². The third-order valence-corrected chi connectivity index (χ3v) is 6.02. The number of nitrogens with one attached hydrogen (secondary N) is 3. The van der Waals surface area contributed by atoms with E-state index < -0.39 is 23.5 Å². The molecule has 1 aromatic carbocycles. The van der Waals surface area contributed by atoms with Gasteiger partial charge in [-0.2, -0.15) is 13.2 Å². The molecule has 0 aliphatic rings. The normalized spacial score (nSPS) is 11.3. The minimum absolute atomic E-state index is 0.0730. The van der Waals surface area contributed by atoms with Crippen LogP contribution < -0.4 is 16.0 Å². The van der Waals surface area contributed by atoms with Crippen molar-refractivity contribution in [2.24, 2.45) is 0 Å². The van der Waals surface area contributed by atoms with Gasteiger partial charge >= 0.3 is 6.18 Å². The summed E-state index contributed by atoms with van der Waals surface area (Å²) >= 11 is 2.30. The Kier molecular flexibility index (Phi) is 6.60. The summed E-state index contributed by atoms with van der Waals surface area (Å²) in [4.78, 5) is 28.7. The number of hydrogen-bond acceptors (Lipinski definition) is 6. The fourth-order valence-electron chi connectivity index (χ4n) is 2.78. The molecule has 0 bridgehead atoms. The van der Waals surface area contributed by atoms with Crippen molar-refractivity contribution in [2.75, 3.05) is 24.7 Å². The molecule has 0 fully saturated rings. The number of anilines is 2. The van der Waals surface area contributed by atoms with Crippen LogP contribution in [0.25, 0.3) is 11.3 Å². The third kappa shape index (κ3) is 5.02. The molecule has 6 nitrogen and oxygen atoms in total. The standard InChI is InChI=1S/C19H16F4N4O2S2/c1-24-16(29)15-10(7-30-17(15)25-2)6-14(28)27-18-26-13(8-31-18)9-3-4-12(20)11(5-9)19(21,22)23/h3-5,7-8,25H,6H2,1-2H3,(H,24,29)(H,26,27,28). The molecular formula is C19H16F4N4O2S2. The summed E-state index contributed by atoms with van der Waals surface area (Å²) in [6, 6.07) is 2.59. The van der Waals surface area contributed by atoms with Gasteiger partial charge in [0.25, 0.3) is 5.91 Å². The van der Waals surface area contributed by atoms with Gasteiger partial charge in [0.2, 0.25) is 5.91 Å². The number of halogens is 4. The topological polar surface area (TPSA) is 83.1 Å². The molecule has 0 radical (unpaired) electrons. The van der Waals surface area contributed by atoms with Gasteiger partial charge in [-0.05, 0) is 29.1 Å². The number of hydrogen-bond donors (Lipinski definition) is 3. The molecule has 12 heteroatoms. The van der Waals surface area contributed by atoms with Gasteiger partial charge in [0, 0.05) is 25.0 Å². The minimum Gasteiger partial charge on any atom is -0.379 e. The SMILES string of the molecule is CNC(=O)c1c(CC(=O)Nc2nc(-c3ccc(F)c(C(F)(F)F)c3)cs2)csc1NC. The average molecular weight is 472 g/mol. The van der Waals surface area contributed by atoms with Gasteiger partial charge in [0.05, 0.1) is 23.2 Å². The van der Waals surface area contributed by atoms with E-state index >= 15 is 0 Å². The van der Waals surface area contributed by atoms with Crippen LogP contribution in [0.1, 0.15) is 21.5 Å². The smallest absolute Gasteiger partial charge is 0.379 e. The number of carbonyl (C=O) groups is 2. The van der Waals surface area contributed by atoms with Crippen molar-refractivity contribution >= 4 is 44.6 Å². The van der Waals surface area contributed by atoms with E-state index in [4.69, 9.17) is 0 Å². The fraction of sp³-hybridized carbons (Fsp3) is 0.211. The number of thiazole rings is 1. The van der Waals surface area contributed by atoms with Crippen molar-refractivity contribution < 1.29 is 27.2 Å². The first-order valence-corrected chi connectivity index (χ1v) is 10.5. The lowest BCUT2D eigenvalue weighted by atomic mass is 10.1. The summed E-state index contributed by atoms with van der Waals surface area (Å²) in [5, 5.41) is 11.9. The number of carbonyl (C=O) groups excluding carboxylic acids is 2. The number of rotatable bonds is 6. The van der Waals surface area contributed by atoms with Gasteiger partial charge in [-0.1, -0.05) is 0 Å². The van der Waals surface area contributed by atoms with Gasteiger partial charge < -0.3 is 16.0 Å². The van der Waals surface area contributed by atoms with Crippen molar-refractivity contribution in [1.82, 2.24) is 10.3 Å². The fourth-order valence-corrected chi connectivity index (χ4v) is 4.44. The van der Waals surface area contributed by atoms with Crippen LogP contribution in [0.15, 0.2) is 29.0 Å². The van der Waals surface area contributed by atoms with Crippen LogP contribution in [0, 0.1) is 5.82 Å². The van der Waals surface area contributed by atoms with Gasteiger partial charge in [0.15, 0.2) is 5.13 Å². The second-order valence-electron chi connectivity index (χ2n) is 6.25. The number of alkyl halides is 3. The molecule has 0 saturated heterocycles. The summed E-state index contributed by atoms with van der Waals surface area (Å²) in [7, 11) is 3.15. The Hall–Kier alpha value is -2.99. The Morgan fingerprint density at radius 3 is 2.52 bits per heavy atom. The highest BCUT2D eigenvalue weighted by molar-refractivity contribution is 7.15. The number of nitrogens with zero attached hydrogens (tertiary/aromatic N) is 1. The maximum atomic E-state index is 13.5. The summed E-state index contributed by atoms with van der Waals surface area (Å²) in [6.45, 7) is 0. The molecular weight excluding hydrogens is 456 g/mol. The third-order valence-electron chi connectivity index (χ3n) is 4.22. The number of benzene rings is 1. The number of thiophene rings is 1. The highest BCUT2D eigenvalue weighted by Crippen LogP contribution is 2.35. The van der Waals surface area contributed by atoms with E-state index in [1.54, 1.807) is 12.4 Å². The predicted octanol–water partition coefficient (Wildman–Crippen LogP) is 4.61. The summed E-state index contributed by atoms with van der Waals surface area (Å²) in [5.74, 6) is -2.15. The van der Waals surface area contributed by atoms with Crippen molar-refractivity contribution in [1.29, 1.82) is 0 Å². The molecule has 31 heavy (non-hydrogen) atoms. The Balaban J connectivity index is 1.76. The van der Waals surface area contributed by atoms with Crippen molar-refractivity contribution in [2.45, 2.75) is 12.6 Å². The monoisotopic (exact) mass is 472 g/mol. The first-order valence-electron chi connectivity index (χ1n) is 8.76. The van der Waals surface area contributed by atoms with Crippen molar-refractivity contribution in [3.63, 3.8) is 0 Å². The molecule has 3 N–H and O–H groups in total. The zero-order valence-corrected chi connectivity index (χ0v) is 17.8. The zero-order valence-electron chi connectivity index (χ0n) is 16.2. The van der Waals surface area contributed by atoms with Crippen molar-refractivity contribution in [3.8, 4) is 11.3 Å². The van der Waals surface area contributed by atoms with Crippen LogP contribution in [-0.2, 0) is 17.4 Å². The lowest BCUT2D eigenvalue weighted by Crippen LogP contribution is -2.22. The van der Waals surface area contributed by atoms with E-state index in [1.807, 2.05) is 0 Å². The van der Waals surface area contributed by atoms with Crippen LogP contribution in [0.3, 0.4) is 0 Å². The Labute approximate surface area is 182 Å². The number of amides is 2. The molecule has 0 saturated carbocycles. The van der Waals surface area contributed by atoms with Crippen LogP contribution in [0.4, 0.5) is 27.7 Å². The first-order chi connectivity index (χ1) is 14.6. The van der Waals surface area contributed by atoms with Crippen LogP contribution in [0.5, 0.6) is 0 Å². The highest BCUT2D eigenvalue weighted by Gasteiger charge is 2.34. The van der Waals surface area contributed by atoms with E-state index in [0.29, 0.717) is 22.2 Å². The molecule has 0 unspecified atom stereocenters. The predicted molar refractivity (Wildman–Crippen MR) is 112 cm³/mol. The second-order valence-corrected chi connectivity index (χ2v) is 7.99. The largest absolute Gasteiger partial charge is 0.419 e. The maximum absolute atomic E-state index is 13.5. The summed E-state index contributed by atoms with van der Waals surface area (Å²) in [6.07, 6.45) is -4.92. The van der Waals surface area contributed by atoms with Crippen LogP contribution >= 0.6 is 22.7 Å². The summed E-state index contributed by atoms with van der Waals surface area (Å²) < 4.78 is 52.3. The molecule has 2 amide bonds. The van der Waals surface area contributed by atoms with E-state index in [1.165, 1.54) is 29.8 Å². The van der Waals surface area contributed by atoms with E-state index in [0.717, 1.165) is 17.4 Å². The second kappa shape index (κ2) is 9.02. The number of aromatic nitrogens is 1. The van der Waals surface area contributed by atoms with E-state index in [9.17, 15) is 27.2 Å². The lowest BCUT2D eigenvalue weighted by molar-refractivity contribution is -0.140. The quantitative estimate of drug-likeness (QED) is 0.458. The highest BCUT2D eigenvalue weighted by atomic mass is 32.1. The van der Waals surface area contributed by atoms with Gasteiger partial charge in [-0.25, -0.2) is 9.37 Å². The van der Waals surface area contributed by atoms with Crippen molar-refractivity contribution in [3.05, 3.63) is 51.5 Å². The molecule has 3 aromatic rings. The van der Waals surface area contributed by atoms with E-state index in [2.05, 4.69) is 20.9 Å². The molecule has 0 spiro atoms. The Morgan fingerprint density at radius 2 is 1.87 bits per heavy atom. The molecule has 0 atom stereocenters. The molecule has 0 aliphatic heterocycles. The first kappa shape index (κ1) is 22.7. The van der Waals surface area contributed by atoms with Crippen LogP contribution in [-0.4, -0.2) is 30.9 Å². The lowest BCUT2D eigenvalue weighted by Gasteiger charge is -2.09. The average Bonchev–Trinajstić information content (AvgIpc) is 3.33.